The topological polar surface area (TPSA) is 0 Å². The Labute approximate surface area is 331 Å². The van der Waals surface area contributed by atoms with Crippen LogP contribution in [0.25, 0.3) is 87.2 Å². The van der Waals surface area contributed by atoms with Crippen LogP contribution in [0.3, 0.4) is 0 Å². The molecular formula is C57H36. The van der Waals surface area contributed by atoms with Gasteiger partial charge in [0.25, 0.3) is 0 Å². The second-order valence-electron chi connectivity index (χ2n) is 15.6. The Balaban J connectivity index is 1.30. The van der Waals surface area contributed by atoms with E-state index < -0.39 is 5.41 Å². The fourth-order valence-electron chi connectivity index (χ4n) is 10.2. The van der Waals surface area contributed by atoms with Gasteiger partial charge in [-0.15, -0.1) is 0 Å². The molecule has 11 aromatic rings. The van der Waals surface area contributed by atoms with Crippen LogP contribution in [0.5, 0.6) is 0 Å². The van der Waals surface area contributed by atoms with Crippen molar-refractivity contribution in [2.45, 2.75) is 5.41 Å². The molecule has 1 aliphatic carbocycles. The van der Waals surface area contributed by atoms with E-state index in [-0.39, 0.29) is 0 Å². The van der Waals surface area contributed by atoms with E-state index in [4.69, 9.17) is 0 Å². The third-order valence-electron chi connectivity index (χ3n) is 12.6. The van der Waals surface area contributed by atoms with Crippen molar-refractivity contribution in [1.29, 1.82) is 0 Å². The summed E-state index contributed by atoms with van der Waals surface area (Å²) in [7, 11) is 0. The van der Waals surface area contributed by atoms with Crippen LogP contribution >= 0.6 is 0 Å². The lowest BCUT2D eigenvalue weighted by Crippen LogP contribution is -2.28. The largest absolute Gasteiger partial charge is 0.0714 e. The Kier molecular flexibility index (Phi) is 6.94. The number of hydrogen-bond acceptors (Lipinski definition) is 0. The zero-order chi connectivity index (χ0) is 37.5. The predicted octanol–water partition coefficient (Wildman–Crippen LogP) is 15.1. The molecule has 0 heteroatoms. The summed E-state index contributed by atoms with van der Waals surface area (Å²) in [4.78, 5) is 0. The maximum Gasteiger partial charge on any atom is 0.0714 e. The molecule has 0 bridgehead atoms. The number of hydrogen-bond donors (Lipinski definition) is 0. The summed E-state index contributed by atoms with van der Waals surface area (Å²) in [5, 5.41) is 12.6. The lowest BCUT2D eigenvalue weighted by molar-refractivity contribution is 0.770. The molecule has 12 rings (SSSR count). The van der Waals surface area contributed by atoms with Gasteiger partial charge in [0.1, 0.15) is 0 Å². The highest BCUT2D eigenvalue weighted by Crippen LogP contribution is 2.60. The van der Waals surface area contributed by atoms with Crippen molar-refractivity contribution >= 4 is 53.9 Å². The molecule has 11 aromatic carbocycles. The van der Waals surface area contributed by atoms with E-state index in [0.29, 0.717) is 0 Å². The highest BCUT2D eigenvalue weighted by Gasteiger charge is 2.47. The maximum atomic E-state index is 2.56. The van der Waals surface area contributed by atoms with Gasteiger partial charge in [-0.05, 0) is 146 Å². The van der Waals surface area contributed by atoms with Gasteiger partial charge in [-0.2, -0.15) is 0 Å². The zero-order valence-corrected chi connectivity index (χ0v) is 31.3. The van der Waals surface area contributed by atoms with Crippen LogP contribution in [0.4, 0.5) is 0 Å². The SMILES string of the molecule is c1ccc(C2(c3ccccc3)c3cc4ccccc4cc3-c3c(-c4ccc5ccccc5c4)cc(-c4c5ccccc5cc5c4ccc4ccccc45)cc32)cc1. The van der Waals surface area contributed by atoms with Crippen LogP contribution in [0, 0.1) is 0 Å². The van der Waals surface area contributed by atoms with E-state index in [1.807, 2.05) is 0 Å². The standard InChI is InChI=1S/C57H36/c1-3-21-45(22-4-1)57(46-23-5-2-6-24-46)53-35-41-19-10-9-18-40(41)32-52(53)56-50(43-28-27-37-15-7-8-17-39(37)31-43)34-44(36-54(56)57)55-48-26-14-12-20-42(48)33-51-47-25-13-11-16-38(47)29-30-49(51)55/h1-36H. The normalized spacial score (nSPS) is 13.1. The second-order valence-corrected chi connectivity index (χ2v) is 15.6. The molecule has 0 nitrogen and oxygen atoms in total. The average Bonchev–Trinajstić information content (AvgIpc) is 3.57. The zero-order valence-electron chi connectivity index (χ0n) is 31.3. The van der Waals surface area contributed by atoms with Gasteiger partial charge in [0, 0.05) is 0 Å². The molecule has 0 radical (unpaired) electrons. The summed E-state index contributed by atoms with van der Waals surface area (Å²) < 4.78 is 0. The second kappa shape index (κ2) is 12.4. The predicted molar refractivity (Wildman–Crippen MR) is 242 cm³/mol. The summed E-state index contributed by atoms with van der Waals surface area (Å²) >= 11 is 0. The first kappa shape index (κ1) is 32.0. The minimum atomic E-state index is -0.577. The summed E-state index contributed by atoms with van der Waals surface area (Å²) in [6, 6.07) is 81.9. The molecule has 0 fully saturated rings. The van der Waals surface area contributed by atoms with Crippen molar-refractivity contribution in [3.63, 3.8) is 0 Å². The molecule has 0 N–H and O–H groups in total. The fraction of sp³-hybridized carbons (Fsp3) is 0.0175. The molecule has 264 valence electrons. The van der Waals surface area contributed by atoms with Crippen LogP contribution in [0.2, 0.25) is 0 Å². The first-order valence-corrected chi connectivity index (χ1v) is 19.9. The van der Waals surface area contributed by atoms with Gasteiger partial charge in [0.05, 0.1) is 5.41 Å². The Morgan fingerprint density at radius 3 is 1.53 bits per heavy atom. The molecule has 0 aliphatic heterocycles. The van der Waals surface area contributed by atoms with E-state index in [1.165, 1.54) is 109 Å². The van der Waals surface area contributed by atoms with E-state index in [0.717, 1.165) is 0 Å². The van der Waals surface area contributed by atoms with Crippen LogP contribution in [0.15, 0.2) is 218 Å². The van der Waals surface area contributed by atoms with E-state index >= 15 is 0 Å². The van der Waals surface area contributed by atoms with E-state index in [1.54, 1.807) is 0 Å². The van der Waals surface area contributed by atoms with E-state index in [2.05, 4.69) is 218 Å². The molecule has 0 aromatic heterocycles. The van der Waals surface area contributed by atoms with Crippen molar-refractivity contribution in [2.75, 3.05) is 0 Å². The molecule has 0 amide bonds. The molecule has 0 spiro atoms. The summed E-state index contributed by atoms with van der Waals surface area (Å²) in [5.41, 5.74) is 12.2. The number of benzene rings is 11. The quantitative estimate of drug-likeness (QED) is 0.125. The molecule has 57 heavy (non-hydrogen) atoms. The van der Waals surface area contributed by atoms with Crippen LogP contribution in [-0.2, 0) is 5.41 Å². The maximum absolute atomic E-state index is 2.56. The number of fused-ring (bicyclic) bond motifs is 9. The van der Waals surface area contributed by atoms with Gasteiger partial charge in [-0.25, -0.2) is 0 Å². The Hall–Kier alpha value is -7.28. The van der Waals surface area contributed by atoms with Crippen molar-refractivity contribution in [2.24, 2.45) is 0 Å². The highest BCUT2D eigenvalue weighted by atomic mass is 14.5. The van der Waals surface area contributed by atoms with Gasteiger partial charge in [0.15, 0.2) is 0 Å². The van der Waals surface area contributed by atoms with Crippen LogP contribution in [0.1, 0.15) is 22.3 Å². The molecule has 1 aliphatic rings. The van der Waals surface area contributed by atoms with E-state index in [9.17, 15) is 0 Å². The van der Waals surface area contributed by atoms with Crippen molar-refractivity contribution in [1.82, 2.24) is 0 Å². The lowest BCUT2D eigenvalue weighted by Gasteiger charge is -2.34. The highest BCUT2D eigenvalue weighted by molar-refractivity contribution is 6.20. The van der Waals surface area contributed by atoms with Crippen molar-refractivity contribution < 1.29 is 0 Å². The fourth-order valence-corrected chi connectivity index (χ4v) is 10.2. The lowest BCUT2D eigenvalue weighted by atomic mass is 9.67. The Morgan fingerprint density at radius 2 is 0.807 bits per heavy atom. The summed E-state index contributed by atoms with van der Waals surface area (Å²) in [6.45, 7) is 0. The summed E-state index contributed by atoms with van der Waals surface area (Å²) in [6.07, 6.45) is 0. The molecule has 0 saturated heterocycles. The van der Waals surface area contributed by atoms with Gasteiger partial charge < -0.3 is 0 Å². The van der Waals surface area contributed by atoms with Gasteiger partial charge in [0.2, 0.25) is 0 Å². The third-order valence-corrected chi connectivity index (χ3v) is 12.6. The molecule has 0 heterocycles. The Morgan fingerprint density at radius 1 is 0.246 bits per heavy atom. The van der Waals surface area contributed by atoms with Gasteiger partial charge in [-0.3, -0.25) is 0 Å². The monoisotopic (exact) mass is 720 g/mol. The average molecular weight is 721 g/mol. The van der Waals surface area contributed by atoms with Crippen molar-refractivity contribution in [3.05, 3.63) is 241 Å². The first-order valence-electron chi connectivity index (χ1n) is 19.9. The van der Waals surface area contributed by atoms with Gasteiger partial charge in [-0.1, -0.05) is 182 Å². The van der Waals surface area contributed by atoms with Crippen molar-refractivity contribution in [3.8, 4) is 33.4 Å². The third kappa shape index (κ3) is 4.68. The molecule has 0 unspecified atom stereocenters. The molecule has 0 atom stereocenters. The minimum absolute atomic E-state index is 0.577. The first-order chi connectivity index (χ1) is 28.3. The number of rotatable bonds is 4. The smallest absolute Gasteiger partial charge is 0.0622 e. The van der Waals surface area contributed by atoms with Crippen LogP contribution in [-0.4, -0.2) is 0 Å². The Bertz CT molecular complexity index is 3350. The molecule has 0 saturated carbocycles. The van der Waals surface area contributed by atoms with Gasteiger partial charge >= 0.3 is 0 Å². The summed E-state index contributed by atoms with van der Waals surface area (Å²) in [5.74, 6) is 0. The molecular weight excluding hydrogens is 685 g/mol. The van der Waals surface area contributed by atoms with Crippen LogP contribution < -0.4 is 0 Å². The minimum Gasteiger partial charge on any atom is -0.0622 e.